The molecule has 1 N–H and O–H groups in total. The lowest BCUT2D eigenvalue weighted by atomic mass is 10.2. The SMILES string of the molecule is CCCCCCCOc1ccnc(-c2ccc(O)cc2)n1. The van der Waals surface area contributed by atoms with Crippen molar-refractivity contribution in [2.45, 2.75) is 39.0 Å². The van der Waals surface area contributed by atoms with Crippen LogP contribution in [0.3, 0.4) is 0 Å². The fraction of sp³-hybridized carbons (Fsp3) is 0.412. The summed E-state index contributed by atoms with van der Waals surface area (Å²) in [5, 5.41) is 9.30. The van der Waals surface area contributed by atoms with Gasteiger partial charge in [0, 0.05) is 17.8 Å². The van der Waals surface area contributed by atoms with Crippen molar-refractivity contribution in [1.82, 2.24) is 9.97 Å². The third-order valence-corrected chi connectivity index (χ3v) is 3.25. The number of aromatic hydroxyl groups is 1. The second kappa shape index (κ2) is 8.25. The van der Waals surface area contributed by atoms with Gasteiger partial charge < -0.3 is 9.84 Å². The molecule has 0 radical (unpaired) electrons. The van der Waals surface area contributed by atoms with Crippen LogP contribution >= 0.6 is 0 Å². The van der Waals surface area contributed by atoms with Crippen LogP contribution in [0.1, 0.15) is 39.0 Å². The molecular formula is C17H22N2O2. The zero-order valence-electron chi connectivity index (χ0n) is 12.5. The summed E-state index contributed by atoms with van der Waals surface area (Å²) in [6.07, 6.45) is 7.76. The summed E-state index contributed by atoms with van der Waals surface area (Å²) < 4.78 is 5.67. The molecule has 2 rings (SSSR count). The lowest BCUT2D eigenvalue weighted by Crippen LogP contribution is -2.00. The van der Waals surface area contributed by atoms with Crippen LogP contribution in [-0.4, -0.2) is 21.7 Å². The molecule has 112 valence electrons. The Bertz CT molecular complexity index is 541. The van der Waals surface area contributed by atoms with Crippen molar-refractivity contribution in [3.63, 3.8) is 0 Å². The fourth-order valence-electron chi connectivity index (χ4n) is 2.05. The zero-order chi connectivity index (χ0) is 14.9. The highest BCUT2D eigenvalue weighted by Crippen LogP contribution is 2.20. The summed E-state index contributed by atoms with van der Waals surface area (Å²) in [4.78, 5) is 8.63. The Labute approximate surface area is 125 Å². The average Bonchev–Trinajstić information content (AvgIpc) is 2.52. The molecule has 1 heterocycles. The first-order valence-corrected chi connectivity index (χ1v) is 7.55. The second-order valence-electron chi connectivity index (χ2n) is 5.03. The van der Waals surface area contributed by atoms with Crippen LogP contribution in [0.25, 0.3) is 11.4 Å². The van der Waals surface area contributed by atoms with Gasteiger partial charge in [0.25, 0.3) is 0 Å². The topological polar surface area (TPSA) is 55.2 Å². The van der Waals surface area contributed by atoms with Gasteiger partial charge in [0.15, 0.2) is 5.82 Å². The highest BCUT2D eigenvalue weighted by Gasteiger charge is 2.03. The van der Waals surface area contributed by atoms with Gasteiger partial charge in [-0.05, 0) is 30.7 Å². The third kappa shape index (κ3) is 5.06. The first-order valence-electron chi connectivity index (χ1n) is 7.55. The van der Waals surface area contributed by atoms with E-state index in [-0.39, 0.29) is 5.75 Å². The normalized spacial score (nSPS) is 10.5. The Morgan fingerprint density at radius 2 is 1.76 bits per heavy atom. The van der Waals surface area contributed by atoms with Gasteiger partial charge in [-0.25, -0.2) is 4.98 Å². The van der Waals surface area contributed by atoms with Crippen molar-refractivity contribution in [2.75, 3.05) is 6.61 Å². The number of phenols is 1. The number of ether oxygens (including phenoxy) is 1. The fourth-order valence-corrected chi connectivity index (χ4v) is 2.05. The standard InChI is InChI=1S/C17H22N2O2/c1-2-3-4-5-6-13-21-16-11-12-18-17(19-16)14-7-9-15(20)10-8-14/h7-12,20H,2-6,13H2,1H3. The van der Waals surface area contributed by atoms with Gasteiger partial charge in [0.2, 0.25) is 5.88 Å². The molecule has 0 aliphatic rings. The largest absolute Gasteiger partial charge is 0.508 e. The molecule has 4 nitrogen and oxygen atoms in total. The highest BCUT2D eigenvalue weighted by atomic mass is 16.5. The minimum Gasteiger partial charge on any atom is -0.508 e. The smallest absolute Gasteiger partial charge is 0.216 e. The summed E-state index contributed by atoms with van der Waals surface area (Å²) in [6.45, 7) is 2.90. The van der Waals surface area contributed by atoms with Gasteiger partial charge in [-0.2, -0.15) is 4.98 Å². The molecule has 0 saturated heterocycles. The monoisotopic (exact) mass is 286 g/mol. The van der Waals surface area contributed by atoms with Gasteiger partial charge in [0.1, 0.15) is 5.75 Å². The van der Waals surface area contributed by atoms with Crippen molar-refractivity contribution in [2.24, 2.45) is 0 Å². The van der Waals surface area contributed by atoms with E-state index in [1.54, 1.807) is 36.5 Å². The van der Waals surface area contributed by atoms with E-state index < -0.39 is 0 Å². The van der Waals surface area contributed by atoms with Gasteiger partial charge in [-0.1, -0.05) is 32.6 Å². The number of unbranched alkanes of at least 4 members (excludes halogenated alkanes) is 4. The molecule has 0 bridgehead atoms. The molecule has 2 aromatic rings. The van der Waals surface area contributed by atoms with Crippen LogP contribution in [0.2, 0.25) is 0 Å². The Kier molecular flexibility index (Phi) is 6.00. The van der Waals surface area contributed by atoms with Crippen molar-refractivity contribution in [1.29, 1.82) is 0 Å². The molecule has 0 fully saturated rings. The number of hydrogen-bond acceptors (Lipinski definition) is 4. The van der Waals surface area contributed by atoms with E-state index in [4.69, 9.17) is 4.74 Å². The Hall–Kier alpha value is -2.10. The summed E-state index contributed by atoms with van der Waals surface area (Å²) >= 11 is 0. The Morgan fingerprint density at radius 3 is 2.52 bits per heavy atom. The van der Waals surface area contributed by atoms with Crippen LogP contribution < -0.4 is 4.74 Å². The van der Waals surface area contributed by atoms with Gasteiger partial charge in [0.05, 0.1) is 6.61 Å². The summed E-state index contributed by atoms with van der Waals surface area (Å²) in [5.41, 5.74) is 0.862. The van der Waals surface area contributed by atoms with Gasteiger partial charge in [-0.3, -0.25) is 0 Å². The van der Waals surface area contributed by atoms with Crippen LogP contribution in [-0.2, 0) is 0 Å². The highest BCUT2D eigenvalue weighted by molar-refractivity contribution is 5.56. The molecule has 1 aromatic heterocycles. The maximum atomic E-state index is 9.30. The number of hydrogen-bond donors (Lipinski definition) is 1. The number of phenolic OH excluding ortho intramolecular Hbond substituents is 1. The zero-order valence-corrected chi connectivity index (χ0v) is 12.5. The third-order valence-electron chi connectivity index (χ3n) is 3.25. The minimum absolute atomic E-state index is 0.234. The van der Waals surface area contributed by atoms with Crippen LogP contribution in [0.4, 0.5) is 0 Å². The van der Waals surface area contributed by atoms with E-state index in [0.29, 0.717) is 18.3 Å². The van der Waals surface area contributed by atoms with Crippen molar-refractivity contribution in [3.05, 3.63) is 36.5 Å². The van der Waals surface area contributed by atoms with E-state index in [2.05, 4.69) is 16.9 Å². The molecule has 0 amide bonds. The first-order chi connectivity index (χ1) is 10.3. The van der Waals surface area contributed by atoms with E-state index in [9.17, 15) is 5.11 Å². The van der Waals surface area contributed by atoms with Crippen molar-refractivity contribution < 1.29 is 9.84 Å². The predicted octanol–water partition coefficient (Wildman–Crippen LogP) is 4.20. The molecule has 0 aliphatic carbocycles. The summed E-state index contributed by atoms with van der Waals surface area (Å²) in [6, 6.07) is 8.61. The maximum absolute atomic E-state index is 9.30. The summed E-state index contributed by atoms with van der Waals surface area (Å²) in [5.74, 6) is 1.44. The van der Waals surface area contributed by atoms with Crippen molar-refractivity contribution >= 4 is 0 Å². The summed E-state index contributed by atoms with van der Waals surface area (Å²) in [7, 11) is 0. The second-order valence-corrected chi connectivity index (χ2v) is 5.03. The van der Waals surface area contributed by atoms with E-state index in [0.717, 1.165) is 12.0 Å². The predicted molar refractivity (Wildman–Crippen MR) is 83.4 cm³/mol. The number of rotatable bonds is 8. The molecule has 0 unspecified atom stereocenters. The first kappa shape index (κ1) is 15.3. The maximum Gasteiger partial charge on any atom is 0.216 e. The molecule has 4 heteroatoms. The molecule has 0 atom stereocenters. The van der Waals surface area contributed by atoms with E-state index in [1.165, 1.54) is 25.7 Å². The molecule has 0 aliphatic heterocycles. The van der Waals surface area contributed by atoms with Crippen LogP contribution in [0.5, 0.6) is 11.6 Å². The van der Waals surface area contributed by atoms with Crippen LogP contribution in [0, 0.1) is 0 Å². The molecule has 0 spiro atoms. The average molecular weight is 286 g/mol. The van der Waals surface area contributed by atoms with Gasteiger partial charge >= 0.3 is 0 Å². The number of aromatic nitrogens is 2. The molecule has 0 saturated carbocycles. The van der Waals surface area contributed by atoms with E-state index in [1.807, 2.05) is 0 Å². The molecule has 1 aromatic carbocycles. The lowest BCUT2D eigenvalue weighted by Gasteiger charge is -2.06. The Morgan fingerprint density at radius 1 is 1.00 bits per heavy atom. The number of nitrogens with zero attached hydrogens (tertiary/aromatic N) is 2. The quantitative estimate of drug-likeness (QED) is 0.739. The van der Waals surface area contributed by atoms with E-state index >= 15 is 0 Å². The lowest BCUT2D eigenvalue weighted by molar-refractivity contribution is 0.293. The Balaban J connectivity index is 1.87. The van der Waals surface area contributed by atoms with Gasteiger partial charge in [-0.15, -0.1) is 0 Å². The molecular weight excluding hydrogens is 264 g/mol. The number of benzene rings is 1. The van der Waals surface area contributed by atoms with Crippen molar-refractivity contribution in [3.8, 4) is 23.0 Å². The minimum atomic E-state index is 0.234. The van der Waals surface area contributed by atoms with Crippen LogP contribution in [0.15, 0.2) is 36.5 Å². The molecule has 21 heavy (non-hydrogen) atoms.